The molecule has 2 aromatic carbocycles. The van der Waals surface area contributed by atoms with Crippen LogP contribution in [-0.4, -0.2) is 69.9 Å². The smallest absolute Gasteiger partial charge is 0.239 e. The van der Waals surface area contributed by atoms with Crippen molar-refractivity contribution in [3.63, 3.8) is 0 Å². The lowest BCUT2D eigenvalue weighted by Crippen LogP contribution is -2.50. The molecule has 0 unspecified atom stereocenters. The van der Waals surface area contributed by atoms with Gasteiger partial charge in [-0.1, -0.05) is 30.3 Å². The molecule has 1 saturated heterocycles. The summed E-state index contributed by atoms with van der Waals surface area (Å²) in [5.74, 6) is -1.79. The van der Waals surface area contributed by atoms with Crippen molar-refractivity contribution in [3.8, 4) is 5.75 Å². The van der Waals surface area contributed by atoms with Crippen LogP contribution in [0.25, 0.3) is 0 Å². The second-order valence-corrected chi connectivity index (χ2v) is 9.05. The number of nitrogens with one attached hydrogen (secondary N) is 1. The zero-order valence-corrected chi connectivity index (χ0v) is 17.6. The Kier molecular flexibility index (Phi) is 6.94. The molecule has 1 fully saturated rings. The van der Waals surface area contributed by atoms with Crippen molar-refractivity contribution in [2.24, 2.45) is 0 Å². The van der Waals surface area contributed by atoms with E-state index in [1.807, 2.05) is 24.3 Å². The standard InChI is InChI=1S/C21H25N3O5S/c1-29-19-10-6-5-9-18(19)23-11-13-24(14-12-23)21(26)16-30(27,28)15-20(25)22-17-7-3-2-4-8-17/h2-10H,11-16H2,1H3,(H,22,25). The van der Waals surface area contributed by atoms with Crippen LogP contribution in [0.15, 0.2) is 54.6 Å². The van der Waals surface area contributed by atoms with Gasteiger partial charge in [0, 0.05) is 31.9 Å². The minimum absolute atomic E-state index is 0.405. The second-order valence-electron chi connectivity index (χ2n) is 6.99. The molecule has 1 heterocycles. The molecule has 0 radical (unpaired) electrons. The van der Waals surface area contributed by atoms with Gasteiger partial charge in [0.1, 0.15) is 17.3 Å². The van der Waals surface area contributed by atoms with Crippen LogP contribution >= 0.6 is 0 Å². The Morgan fingerprint density at radius 2 is 1.57 bits per heavy atom. The number of benzene rings is 2. The SMILES string of the molecule is COc1ccccc1N1CCN(C(=O)CS(=O)(=O)CC(=O)Nc2ccccc2)CC1. The van der Waals surface area contributed by atoms with E-state index < -0.39 is 33.2 Å². The Bertz CT molecular complexity index is 987. The van der Waals surface area contributed by atoms with E-state index in [0.29, 0.717) is 31.9 Å². The summed E-state index contributed by atoms with van der Waals surface area (Å²) in [6.45, 7) is 1.95. The van der Waals surface area contributed by atoms with Gasteiger partial charge in [-0.2, -0.15) is 0 Å². The monoisotopic (exact) mass is 431 g/mol. The maximum Gasteiger partial charge on any atom is 0.239 e. The van der Waals surface area contributed by atoms with Gasteiger partial charge in [-0.15, -0.1) is 0 Å². The summed E-state index contributed by atoms with van der Waals surface area (Å²) in [7, 11) is -2.25. The second kappa shape index (κ2) is 9.62. The molecule has 0 atom stereocenters. The molecule has 9 heteroatoms. The molecule has 2 amide bonds. The number of rotatable bonds is 7. The first kappa shape index (κ1) is 21.6. The fourth-order valence-electron chi connectivity index (χ4n) is 3.34. The number of sulfone groups is 1. The maximum atomic E-state index is 12.5. The van der Waals surface area contributed by atoms with E-state index in [2.05, 4.69) is 10.2 Å². The molecule has 8 nitrogen and oxygen atoms in total. The highest BCUT2D eigenvalue weighted by molar-refractivity contribution is 7.92. The third-order valence-corrected chi connectivity index (χ3v) is 6.20. The van der Waals surface area contributed by atoms with Crippen LogP contribution in [0.3, 0.4) is 0 Å². The Balaban J connectivity index is 1.51. The highest BCUT2D eigenvalue weighted by Crippen LogP contribution is 2.28. The van der Waals surface area contributed by atoms with Crippen LogP contribution in [0.4, 0.5) is 11.4 Å². The average molecular weight is 432 g/mol. The third-order valence-electron chi connectivity index (χ3n) is 4.81. The van der Waals surface area contributed by atoms with Crippen LogP contribution < -0.4 is 15.0 Å². The zero-order chi connectivity index (χ0) is 21.6. The molecule has 1 N–H and O–H groups in total. The van der Waals surface area contributed by atoms with Crippen molar-refractivity contribution in [2.45, 2.75) is 0 Å². The fourth-order valence-corrected chi connectivity index (χ4v) is 4.47. The normalized spacial score (nSPS) is 14.3. The number of hydrogen-bond donors (Lipinski definition) is 1. The average Bonchev–Trinajstić information content (AvgIpc) is 2.73. The number of hydrogen-bond acceptors (Lipinski definition) is 6. The van der Waals surface area contributed by atoms with Gasteiger partial charge in [0.2, 0.25) is 11.8 Å². The summed E-state index contributed by atoms with van der Waals surface area (Å²) in [6, 6.07) is 16.2. The van der Waals surface area contributed by atoms with Crippen molar-refractivity contribution >= 4 is 33.0 Å². The molecule has 160 valence electrons. The first-order chi connectivity index (χ1) is 14.4. The van der Waals surface area contributed by atoms with Crippen molar-refractivity contribution in [1.82, 2.24) is 4.90 Å². The van der Waals surface area contributed by atoms with Crippen molar-refractivity contribution in [1.29, 1.82) is 0 Å². The van der Waals surface area contributed by atoms with Crippen LogP contribution in [-0.2, 0) is 19.4 Å². The van der Waals surface area contributed by atoms with E-state index in [0.717, 1.165) is 11.4 Å². The number of nitrogens with zero attached hydrogens (tertiary/aromatic N) is 2. The fraction of sp³-hybridized carbons (Fsp3) is 0.333. The Hall–Kier alpha value is -3.07. The number of carbonyl (C=O) groups is 2. The van der Waals surface area contributed by atoms with Crippen molar-refractivity contribution in [2.75, 3.05) is 55.0 Å². The molecule has 3 rings (SSSR count). The molecule has 30 heavy (non-hydrogen) atoms. The number of anilines is 2. The topological polar surface area (TPSA) is 96.0 Å². The van der Waals surface area contributed by atoms with Gasteiger partial charge in [-0.05, 0) is 24.3 Å². The summed E-state index contributed by atoms with van der Waals surface area (Å²) < 4.78 is 30.0. The molecule has 0 aliphatic carbocycles. The minimum atomic E-state index is -3.86. The van der Waals surface area contributed by atoms with Gasteiger partial charge in [0.15, 0.2) is 9.84 Å². The van der Waals surface area contributed by atoms with Crippen LogP contribution in [0.5, 0.6) is 5.75 Å². The minimum Gasteiger partial charge on any atom is -0.495 e. The van der Waals surface area contributed by atoms with E-state index in [-0.39, 0.29) is 0 Å². The Morgan fingerprint density at radius 1 is 0.933 bits per heavy atom. The molecule has 2 aromatic rings. The van der Waals surface area contributed by atoms with Gasteiger partial charge in [-0.3, -0.25) is 9.59 Å². The van der Waals surface area contributed by atoms with Gasteiger partial charge in [0.25, 0.3) is 0 Å². The summed E-state index contributed by atoms with van der Waals surface area (Å²) in [4.78, 5) is 28.1. The number of carbonyl (C=O) groups excluding carboxylic acids is 2. The highest BCUT2D eigenvalue weighted by Gasteiger charge is 2.27. The Morgan fingerprint density at radius 3 is 2.23 bits per heavy atom. The van der Waals surface area contributed by atoms with Crippen molar-refractivity contribution < 1.29 is 22.7 Å². The van der Waals surface area contributed by atoms with Gasteiger partial charge < -0.3 is 19.9 Å². The predicted molar refractivity (Wildman–Crippen MR) is 116 cm³/mol. The first-order valence-electron chi connectivity index (χ1n) is 9.59. The third kappa shape index (κ3) is 5.73. The number of amides is 2. The van der Waals surface area contributed by atoms with Gasteiger partial charge in [-0.25, -0.2) is 8.42 Å². The number of piperazine rings is 1. The molecule has 1 aliphatic heterocycles. The Labute approximate surface area is 176 Å². The quantitative estimate of drug-likeness (QED) is 0.712. The lowest BCUT2D eigenvalue weighted by molar-refractivity contribution is -0.128. The highest BCUT2D eigenvalue weighted by atomic mass is 32.2. The number of ether oxygens (including phenoxy) is 1. The zero-order valence-electron chi connectivity index (χ0n) is 16.8. The van der Waals surface area contributed by atoms with Crippen LogP contribution in [0.2, 0.25) is 0 Å². The molecule has 0 spiro atoms. The van der Waals surface area contributed by atoms with Crippen LogP contribution in [0.1, 0.15) is 0 Å². The molecule has 0 bridgehead atoms. The lowest BCUT2D eigenvalue weighted by atomic mass is 10.2. The van der Waals surface area contributed by atoms with E-state index >= 15 is 0 Å². The number of para-hydroxylation sites is 3. The summed E-state index contributed by atoms with van der Waals surface area (Å²) >= 11 is 0. The lowest BCUT2D eigenvalue weighted by Gasteiger charge is -2.36. The molecule has 1 aliphatic rings. The first-order valence-corrected chi connectivity index (χ1v) is 11.4. The van der Waals surface area contributed by atoms with Crippen molar-refractivity contribution in [3.05, 3.63) is 54.6 Å². The molecular weight excluding hydrogens is 406 g/mol. The van der Waals surface area contributed by atoms with Gasteiger partial charge >= 0.3 is 0 Å². The van der Waals surface area contributed by atoms with E-state index in [4.69, 9.17) is 4.74 Å². The largest absolute Gasteiger partial charge is 0.495 e. The van der Waals surface area contributed by atoms with E-state index in [9.17, 15) is 18.0 Å². The summed E-state index contributed by atoms with van der Waals surface area (Å²) in [6.07, 6.45) is 0. The maximum absolute atomic E-state index is 12.5. The van der Waals surface area contributed by atoms with E-state index in [1.165, 1.54) is 4.90 Å². The molecular formula is C21H25N3O5S. The molecule has 0 saturated carbocycles. The van der Waals surface area contributed by atoms with E-state index in [1.54, 1.807) is 37.4 Å². The number of methoxy groups -OCH3 is 1. The summed E-state index contributed by atoms with van der Waals surface area (Å²) in [5.41, 5.74) is 1.45. The summed E-state index contributed by atoms with van der Waals surface area (Å²) in [5, 5.41) is 2.52. The predicted octanol–water partition coefficient (Wildman–Crippen LogP) is 1.40. The van der Waals surface area contributed by atoms with Crippen LogP contribution in [0, 0.1) is 0 Å². The van der Waals surface area contributed by atoms with Gasteiger partial charge in [0.05, 0.1) is 12.8 Å². The molecule has 0 aromatic heterocycles.